The van der Waals surface area contributed by atoms with Gasteiger partial charge in [-0.2, -0.15) is 0 Å². The molecular weight excluding hydrogens is 396 g/mol. The molecule has 0 unspecified atom stereocenters. The molecule has 5 heteroatoms. The smallest absolute Gasteiger partial charge is 0.254 e. The van der Waals surface area contributed by atoms with Gasteiger partial charge in [0.15, 0.2) is 5.76 Å². The maximum Gasteiger partial charge on any atom is 0.254 e. The number of nitrogens with zero attached hydrogens (tertiary/aromatic N) is 2. The average Bonchev–Trinajstić information content (AvgIpc) is 3.23. The summed E-state index contributed by atoms with van der Waals surface area (Å²) in [7, 11) is 0. The Morgan fingerprint density at radius 3 is 2.27 bits per heavy atom. The highest BCUT2D eigenvalue weighted by Gasteiger charge is 2.28. The number of carbonyl (C=O) groups excluding carboxylic acids is 1. The molecule has 0 aliphatic carbocycles. The van der Waals surface area contributed by atoms with Crippen molar-refractivity contribution in [3.8, 4) is 22.5 Å². The first-order valence-corrected chi connectivity index (χ1v) is 10.2. The van der Waals surface area contributed by atoms with Gasteiger partial charge >= 0.3 is 0 Å². The molecule has 1 aliphatic heterocycles. The van der Waals surface area contributed by atoms with Gasteiger partial charge in [0.2, 0.25) is 0 Å². The van der Waals surface area contributed by atoms with Crippen molar-refractivity contribution in [1.82, 2.24) is 10.1 Å². The SMILES string of the molecule is O=C(c1ccc(-c2ccccc2)cc1)N1CCc2noc(-c3ccc(Cl)cc3)c2C1. The van der Waals surface area contributed by atoms with E-state index in [-0.39, 0.29) is 5.91 Å². The summed E-state index contributed by atoms with van der Waals surface area (Å²) in [5.41, 5.74) is 5.71. The minimum Gasteiger partial charge on any atom is -0.356 e. The van der Waals surface area contributed by atoms with E-state index in [9.17, 15) is 4.79 Å². The van der Waals surface area contributed by atoms with Crippen molar-refractivity contribution in [2.75, 3.05) is 6.54 Å². The van der Waals surface area contributed by atoms with Crippen molar-refractivity contribution >= 4 is 17.5 Å². The molecule has 1 amide bonds. The largest absolute Gasteiger partial charge is 0.356 e. The van der Waals surface area contributed by atoms with Gasteiger partial charge < -0.3 is 9.42 Å². The Morgan fingerprint density at radius 2 is 1.53 bits per heavy atom. The summed E-state index contributed by atoms with van der Waals surface area (Å²) in [6.07, 6.45) is 0.681. The van der Waals surface area contributed by atoms with E-state index < -0.39 is 0 Å². The number of amides is 1. The van der Waals surface area contributed by atoms with Gasteiger partial charge in [0, 0.05) is 34.7 Å². The van der Waals surface area contributed by atoms with E-state index in [4.69, 9.17) is 16.1 Å². The Morgan fingerprint density at radius 1 is 0.867 bits per heavy atom. The zero-order valence-corrected chi connectivity index (χ0v) is 17.0. The highest BCUT2D eigenvalue weighted by Crippen LogP contribution is 2.32. The van der Waals surface area contributed by atoms with Crippen LogP contribution in [0.4, 0.5) is 0 Å². The fourth-order valence-electron chi connectivity index (χ4n) is 3.83. The lowest BCUT2D eigenvalue weighted by Gasteiger charge is -2.26. The van der Waals surface area contributed by atoms with Gasteiger partial charge in [-0.25, -0.2) is 0 Å². The Kier molecular flexibility index (Phi) is 4.85. The Balaban J connectivity index is 1.37. The van der Waals surface area contributed by atoms with Crippen molar-refractivity contribution in [1.29, 1.82) is 0 Å². The number of fused-ring (bicyclic) bond motifs is 1. The van der Waals surface area contributed by atoms with Crippen molar-refractivity contribution in [3.05, 3.63) is 101 Å². The Bertz CT molecular complexity index is 1180. The van der Waals surface area contributed by atoms with Crippen LogP contribution in [0, 0.1) is 0 Å². The second kappa shape index (κ2) is 7.81. The average molecular weight is 415 g/mol. The predicted molar refractivity (Wildman–Crippen MR) is 117 cm³/mol. The summed E-state index contributed by atoms with van der Waals surface area (Å²) in [4.78, 5) is 15.0. The minimum atomic E-state index is 0.0171. The molecule has 0 saturated heterocycles. The second-order valence-corrected chi connectivity index (χ2v) is 7.80. The fraction of sp³-hybridized carbons (Fsp3) is 0.120. The fourth-order valence-corrected chi connectivity index (χ4v) is 3.96. The molecule has 0 bridgehead atoms. The zero-order valence-electron chi connectivity index (χ0n) is 16.2. The van der Waals surface area contributed by atoms with E-state index in [2.05, 4.69) is 17.3 Å². The van der Waals surface area contributed by atoms with Gasteiger partial charge in [0.1, 0.15) is 0 Å². The zero-order chi connectivity index (χ0) is 20.5. The molecule has 1 aromatic heterocycles. The van der Waals surface area contributed by atoms with Gasteiger partial charge in [-0.3, -0.25) is 4.79 Å². The number of rotatable bonds is 3. The van der Waals surface area contributed by atoms with Gasteiger partial charge in [0.25, 0.3) is 5.91 Å². The van der Waals surface area contributed by atoms with Crippen LogP contribution in [-0.4, -0.2) is 22.5 Å². The number of benzene rings is 3. The van der Waals surface area contributed by atoms with Gasteiger partial charge in [0.05, 0.1) is 12.2 Å². The topological polar surface area (TPSA) is 46.3 Å². The van der Waals surface area contributed by atoms with E-state index >= 15 is 0 Å². The molecule has 148 valence electrons. The monoisotopic (exact) mass is 414 g/mol. The first-order chi connectivity index (χ1) is 14.7. The van der Waals surface area contributed by atoms with Crippen LogP contribution in [0.15, 0.2) is 83.4 Å². The third kappa shape index (κ3) is 3.51. The highest BCUT2D eigenvalue weighted by molar-refractivity contribution is 6.30. The van der Waals surface area contributed by atoms with Crippen LogP contribution in [0.1, 0.15) is 21.6 Å². The maximum absolute atomic E-state index is 13.1. The molecule has 4 aromatic rings. The summed E-state index contributed by atoms with van der Waals surface area (Å²) in [6, 6.07) is 25.4. The standard InChI is InChI=1S/C25H19ClN2O2/c26-21-12-10-19(11-13-21)24-22-16-28(15-14-23(22)27-30-24)25(29)20-8-6-18(7-9-20)17-4-2-1-3-5-17/h1-13H,14-16H2. The first-order valence-electron chi connectivity index (χ1n) is 9.87. The van der Waals surface area contributed by atoms with Gasteiger partial charge in [-0.15, -0.1) is 0 Å². The van der Waals surface area contributed by atoms with Gasteiger partial charge in [-0.1, -0.05) is 59.2 Å². The van der Waals surface area contributed by atoms with Crippen molar-refractivity contribution in [2.45, 2.75) is 13.0 Å². The molecular formula is C25H19ClN2O2. The molecule has 1 aliphatic rings. The molecule has 5 rings (SSSR count). The molecule has 0 fully saturated rings. The van der Waals surface area contributed by atoms with E-state index in [0.717, 1.165) is 27.9 Å². The lowest BCUT2D eigenvalue weighted by molar-refractivity contribution is 0.0734. The lowest BCUT2D eigenvalue weighted by Crippen LogP contribution is -2.35. The molecule has 0 saturated carbocycles. The molecule has 0 N–H and O–H groups in total. The minimum absolute atomic E-state index is 0.0171. The Hall–Kier alpha value is -3.37. The molecule has 0 radical (unpaired) electrons. The molecule has 3 aromatic carbocycles. The molecule has 2 heterocycles. The van der Waals surface area contributed by atoms with Crippen LogP contribution >= 0.6 is 11.6 Å². The van der Waals surface area contributed by atoms with E-state index in [0.29, 0.717) is 35.9 Å². The molecule has 0 atom stereocenters. The van der Waals surface area contributed by atoms with E-state index in [1.165, 1.54) is 0 Å². The number of hydrogen-bond donors (Lipinski definition) is 0. The summed E-state index contributed by atoms with van der Waals surface area (Å²) < 4.78 is 5.61. The molecule has 0 spiro atoms. The van der Waals surface area contributed by atoms with Crippen LogP contribution in [0.3, 0.4) is 0 Å². The van der Waals surface area contributed by atoms with Crippen LogP contribution < -0.4 is 0 Å². The number of aromatic nitrogens is 1. The summed E-state index contributed by atoms with van der Waals surface area (Å²) in [6.45, 7) is 1.11. The quantitative estimate of drug-likeness (QED) is 0.421. The Labute approximate surface area is 179 Å². The third-order valence-corrected chi connectivity index (χ3v) is 5.72. The number of carbonyl (C=O) groups is 1. The summed E-state index contributed by atoms with van der Waals surface area (Å²) in [5.74, 6) is 0.724. The molecule has 30 heavy (non-hydrogen) atoms. The van der Waals surface area contributed by atoms with Gasteiger partial charge in [-0.05, 0) is 47.5 Å². The number of halogens is 1. The van der Waals surface area contributed by atoms with Crippen LogP contribution in [0.2, 0.25) is 5.02 Å². The van der Waals surface area contributed by atoms with E-state index in [1.807, 2.05) is 71.6 Å². The van der Waals surface area contributed by atoms with Crippen LogP contribution in [0.25, 0.3) is 22.5 Å². The van der Waals surface area contributed by atoms with Crippen LogP contribution in [-0.2, 0) is 13.0 Å². The highest BCUT2D eigenvalue weighted by atomic mass is 35.5. The third-order valence-electron chi connectivity index (χ3n) is 5.47. The predicted octanol–water partition coefficient (Wildman–Crippen LogP) is 5.86. The van der Waals surface area contributed by atoms with E-state index in [1.54, 1.807) is 0 Å². The maximum atomic E-state index is 13.1. The number of hydrogen-bond acceptors (Lipinski definition) is 3. The lowest BCUT2D eigenvalue weighted by atomic mass is 10.00. The summed E-state index contributed by atoms with van der Waals surface area (Å²) >= 11 is 6.00. The second-order valence-electron chi connectivity index (χ2n) is 7.36. The van der Waals surface area contributed by atoms with Crippen molar-refractivity contribution in [3.63, 3.8) is 0 Å². The molecule has 4 nitrogen and oxygen atoms in total. The van der Waals surface area contributed by atoms with Crippen LogP contribution in [0.5, 0.6) is 0 Å². The first kappa shape index (κ1) is 18.6. The normalized spacial score (nSPS) is 13.2. The van der Waals surface area contributed by atoms with Crippen molar-refractivity contribution < 1.29 is 9.32 Å². The van der Waals surface area contributed by atoms with Crippen molar-refractivity contribution in [2.24, 2.45) is 0 Å². The summed E-state index contributed by atoms with van der Waals surface area (Å²) in [5, 5.41) is 4.89.